The number of alkyl halides is 3. The summed E-state index contributed by atoms with van der Waals surface area (Å²) in [4.78, 5) is 0. The Hall–Kier alpha value is -0.590. The van der Waals surface area contributed by atoms with E-state index in [9.17, 15) is 18.3 Å². The highest BCUT2D eigenvalue weighted by Crippen LogP contribution is 2.33. The lowest BCUT2D eigenvalue weighted by atomic mass is 10.1. The summed E-state index contributed by atoms with van der Waals surface area (Å²) in [6.07, 6.45) is -5.50. The van der Waals surface area contributed by atoms with E-state index >= 15 is 0 Å². The summed E-state index contributed by atoms with van der Waals surface area (Å²) in [5.41, 5.74) is 4.51. The van der Waals surface area contributed by atoms with Crippen molar-refractivity contribution in [3.63, 3.8) is 0 Å². The van der Waals surface area contributed by atoms with Crippen LogP contribution in [0.4, 0.5) is 13.2 Å². The molecule has 0 amide bonds. The van der Waals surface area contributed by atoms with Crippen LogP contribution in [0.15, 0.2) is 22.7 Å². The summed E-state index contributed by atoms with van der Waals surface area (Å²) in [5, 5.41) is 9.33. The van der Waals surface area contributed by atoms with Gasteiger partial charge in [0.25, 0.3) is 0 Å². The normalized spacial score (nSPS) is 14.0. The molecule has 0 saturated carbocycles. The summed E-state index contributed by atoms with van der Waals surface area (Å²) >= 11 is 2.95. The Morgan fingerprint density at radius 1 is 1.33 bits per heavy atom. The molecule has 0 bridgehead atoms. The summed E-state index contributed by atoms with van der Waals surface area (Å²) in [6, 6.07) is 3.25. The van der Waals surface area contributed by atoms with Crippen molar-refractivity contribution in [3.8, 4) is 0 Å². The molecule has 15 heavy (non-hydrogen) atoms. The molecule has 2 nitrogen and oxygen atoms in total. The van der Waals surface area contributed by atoms with Crippen LogP contribution in [0, 0.1) is 0 Å². The lowest BCUT2D eigenvalue weighted by Gasteiger charge is -2.13. The van der Waals surface area contributed by atoms with Crippen molar-refractivity contribution in [1.82, 2.24) is 0 Å². The first-order chi connectivity index (χ1) is 6.84. The standard InChI is InChI=1S/C9H9BrF3NO/c10-7-2-5(8(15)4-14)1-6(3-7)9(11,12)13/h1-3,8,15H,4,14H2/t8-/m0/s1. The highest BCUT2D eigenvalue weighted by atomic mass is 79.9. The number of hydrogen-bond acceptors (Lipinski definition) is 2. The molecule has 0 fully saturated rings. The SMILES string of the molecule is NC[C@H](O)c1cc(Br)cc(C(F)(F)F)c1. The van der Waals surface area contributed by atoms with Gasteiger partial charge in [0, 0.05) is 11.0 Å². The van der Waals surface area contributed by atoms with E-state index in [1.807, 2.05) is 0 Å². The first-order valence-electron chi connectivity index (χ1n) is 4.10. The molecule has 0 saturated heterocycles. The number of aliphatic hydroxyl groups excluding tert-OH is 1. The van der Waals surface area contributed by atoms with Crippen LogP contribution < -0.4 is 5.73 Å². The molecule has 6 heteroatoms. The Kier molecular flexibility index (Phi) is 3.75. The number of nitrogens with two attached hydrogens (primary N) is 1. The maximum atomic E-state index is 12.4. The van der Waals surface area contributed by atoms with Gasteiger partial charge in [0.05, 0.1) is 11.7 Å². The van der Waals surface area contributed by atoms with Gasteiger partial charge in [-0.25, -0.2) is 0 Å². The Bertz CT molecular complexity index is 354. The molecule has 0 aliphatic carbocycles. The van der Waals surface area contributed by atoms with E-state index in [2.05, 4.69) is 15.9 Å². The molecule has 1 atom stereocenters. The number of benzene rings is 1. The number of aliphatic hydroxyl groups is 1. The Morgan fingerprint density at radius 3 is 2.40 bits per heavy atom. The first kappa shape index (κ1) is 12.5. The van der Waals surface area contributed by atoms with Crippen molar-refractivity contribution in [3.05, 3.63) is 33.8 Å². The van der Waals surface area contributed by atoms with E-state index in [-0.39, 0.29) is 16.6 Å². The maximum absolute atomic E-state index is 12.4. The van der Waals surface area contributed by atoms with Crippen LogP contribution in [-0.2, 0) is 6.18 Å². The average Bonchev–Trinajstić information content (AvgIpc) is 2.14. The molecular weight excluding hydrogens is 275 g/mol. The Balaban J connectivity index is 3.17. The monoisotopic (exact) mass is 283 g/mol. The van der Waals surface area contributed by atoms with Gasteiger partial charge in [-0.3, -0.25) is 0 Å². The minimum atomic E-state index is -4.42. The van der Waals surface area contributed by atoms with Gasteiger partial charge in [-0.2, -0.15) is 13.2 Å². The fourth-order valence-electron chi connectivity index (χ4n) is 1.10. The molecule has 0 aliphatic heterocycles. The Labute approximate surface area is 93.0 Å². The van der Waals surface area contributed by atoms with Crippen LogP contribution in [0.25, 0.3) is 0 Å². The molecule has 1 rings (SSSR count). The van der Waals surface area contributed by atoms with Gasteiger partial charge < -0.3 is 10.8 Å². The van der Waals surface area contributed by atoms with Crippen LogP contribution in [0.3, 0.4) is 0 Å². The third-order valence-corrected chi connectivity index (χ3v) is 2.31. The zero-order valence-electron chi connectivity index (χ0n) is 7.55. The molecular formula is C9H9BrF3NO. The number of halogens is 4. The van der Waals surface area contributed by atoms with Gasteiger partial charge >= 0.3 is 6.18 Å². The fraction of sp³-hybridized carbons (Fsp3) is 0.333. The topological polar surface area (TPSA) is 46.2 Å². The first-order valence-corrected chi connectivity index (χ1v) is 4.89. The molecule has 0 spiro atoms. The van der Waals surface area contributed by atoms with Crippen molar-refractivity contribution in [2.24, 2.45) is 5.73 Å². The van der Waals surface area contributed by atoms with Crippen LogP contribution in [-0.4, -0.2) is 11.7 Å². The second-order valence-electron chi connectivity index (χ2n) is 3.02. The Morgan fingerprint density at radius 2 is 1.93 bits per heavy atom. The van der Waals surface area contributed by atoms with Gasteiger partial charge in [-0.1, -0.05) is 15.9 Å². The fourth-order valence-corrected chi connectivity index (χ4v) is 1.62. The van der Waals surface area contributed by atoms with Crippen LogP contribution in [0.1, 0.15) is 17.2 Å². The largest absolute Gasteiger partial charge is 0.416 e. The zero-order chi connectivity index (χ0) is 11.6. The van der Waals surface area contributed by atoms with E-state index < -0.39 is 17.8 Å². The van der Waals surface area contributed by atoms with Crippen molar-refractivity contribution in [2.45, 2.75) is 12.3 Å². The number of rotatable bonds is 2. The van der Waals surface area contributed by atoms with E-state index in [1.54, 1.807) is 0 Å². The van der Waals surface area contributed by atoms with Gasteiger partial charge in [-0.05, 0) is 23.8 Å². The quantitative estimate of drug-likeness (QED) is 0.876. The predicted molar refractivity (Wildman–Crippen MR) is 53.2 cm³/mol. The van der Waals surface area contributed by atoms with Crippen molar-refractivity contribution >= 4 is 15.9 Å². The third-order valence-electron chi connectivity index (χ3n) is 1.86. The van der Waals surface area contributed by atoms with Crippen LogP contribution in [0.5, 0.6) is 0 Å². The predicted octanol–water partition coefficient (Wildman–Crippen LogP) is 2.46. The molecule has 0 unspecified atom stereocenters. The molecule has 0 heterocycles. The van der Waals surface area contributed by atoms with Gasteiger partial charge in [-0.15, -0.1) is 0 Å². The van der Waals surface area contributed by atoms with E-state index in [1.165, 1.54) is 6.07 Å². The molecule has 1 aromatic carbocycles. The molecule has 1 aromatic rings. The highest BCUT2D eigenvalue weighted by molar-refractivity contribution is 9.10. The summed E-state index contributed by atoms with van der Waals surface area (Å²) in [6.45, 7) is -0.117. The van der Waals surface area contributed by atoms with Gasteiger partial charge in [0.1, 0.15) is 0 Å². The van der Waals surface area contributed by atoms with Crippen LogP contribution >= 0.6 is 15.9 Å². The van der Waals surface area contributed by atoms with Crippen LogP contribution in [0.2, 0.25) is 0 Å². The minimum Gasteiger partial charge on any atom is -0.387 e. The minimum absolute atomic E-state index is 0.117. The maximum Gasteiger partial charge on any atom is 0.416 e. The van der Waals surface area contributed by atoms with Crippen molar-refractivity contribution < 1.29 is 18.3 Å². The molecule has 0 radical (unpaired) electrons. The van der Waals surface area contributed by atoms with E-state index in [0.717, 1.165) is 12.1 Å². The zero-order valence-corrected chi connectivity index (χ0v) is 9.14. The third kappa shape index (κ3) is 3.19. The second kappa shape index (κ2) is 4.51. The van der Waals surface area contributed by atoms with E-state index in [0.29, 0.717) is 0 Å². The average molecular weight is 284 g/mol. The smallest absolute Gasteiger partial charge is 0.387 e. The van der Waals surface area contributed by atoms with Crippen molar-refractivity contribution in [2.75, 3.05) is 6.54 Å². The van der Waals surface area contributed by atoms with Gasteiger partial charge in [0.15, 0.2) is 0 Å². The van der Waals surface area contributed by atoms with E-state index in [4.69, 9.17) is 5.73 Å². The lowest BCUT2D eigenvalue weighted by Crippen LogP contribution is -2.13. The molecule has 0 aromatic heterocycles. The highest BCUT2D eigenvalue weighted by Gasteiger charge is 2.31. The van der Waals surface area contributed by atoms with Gasteiger partial charge in [0.2, 0.25) is 0 Å². The molecule has 84 valence electrons. The lowest BCUT2D eigenvalue weighted by molar-refractivity contribution is -0.137. The second-order valence-corrected chi connectivity index (χ2v) is 3.94. The molecule has 0 aliphatic rings. The summed E-state index contributed by atoms with van der Waals surface area (Å²) in [5.74, 6) is 0. The molecule has 3 N–H and O–H groups in total. The summed E-state index contributed by atoms with van der Waals surface area (Å²) in [7, 11) is 0. The van der Waals surface area contributed by atoms with Crippen molar-refractivity contribution in [1.29, 1.82) is 0 Å². The summed E-state index contributed by atoms with van der Waals surface area (Å²) < 4.78 is 37.4. The number of hydrogen-bond donors (Lipinski definition) is 2.